The van der Waals surface area contributed by atoms with E-state index in [1.807, 2.05) is 18.7 Å². The second-order valence-corrected chi connectivity index (χ2v) is 5.02. The van der Waals surface area contributed by atoms with E-state index in [1.54, 1.807) is 0 Å². The molecule has 0 amide bonds. The predicted molar refractivity (Wildman–Crippen MR) is 73.1 cm³/mol. The molecule has 7 heteroatoms. The topological polar surface area (TPSA) is 96.6 Å². The molecule has 0 spiro atoms. The Kier molecular flexibility index (Phi) is 3.87. The van der Waals surface area contributed by atoms with Crippen LogP contribution in [0.25, 0.3) is 0 Å². The van der Waals surface area contributed by atoms with Crippen molar-refractivity contribution in [3.63, 3.8) is 0 Å². The van der Waals surface area contributed by atoms with Gasteiger partial charge in [0, 0.05) is 24.3 Å². The molecule has 0 aliphatic carbocycles. The fourth-order valence-electron chi connectivity index (χ4n) is 2.75. The van der Waals surface area contributed by atoms with Crippen molar-refractivity contribution in [2.45, 2.75) is 45.2 Å². The first-order valence-electron chi connectivity index (χ1n) is 6.61. The summed E-state index contributed by atoms with van der Waals surface area (Å²) >= 11 is 0. The minimum atomic E-state index is -1.21. The second kappa shape index (κ2) is 5.44. The number of rotatable bonds is 4. The quantitative estimate of drug-likeness (QED) is 0.671. The van der Waals surface area contributed by atoms with E-state index >= 15 is 0 Å². The third-order valence-electron chi connectivity index (χ3n) is 3.79. The molecule has 2 heterocycles. The number of nitrogens with zero attached hydrogens (tertiary/aromatic N) is 3. The zero-order valence-corrected chi connectivity index (χ0v) is 11.4. The second-order valence-electron chi connectivity index (χ2n) is 5.02. The Hall–Kier alpha value is -2.18. The van der Waals surface area contributed by atoms with Gasteiger partial charge in [0.25, 0.3) is 0 Å². The van der Waals surface area contributed by atoms with Crippen molar-refractivity contribution in [2.24, 2.45) is 0 Å². The van der Waals surface area contributed by atoms with Gasteiger partial charge in [0.1, 0.15) is 0 Å². The van der Waals surface area contributed by atoms with Crippen LogP contribution in [0.1, 0.15) is 43.5 Å². The molecule has 2 unspecified atom stereocenters. The minimum absolute atomic E-state index is 0.166. The van der Waals surface area contributed by atoms with Crippen molar-refractivity contribution in [1.29, 1.82) is 0 Å². The molecule has 1 saturated heterocycles. The number of carbonyl (C=O) groups is 1. The first-order valence-corrected chi connectivity index (χ1v) is 6.61. The van der Waals surface area contributed by atoms with Gasteiger partial charge < -0.3 is 10.0 Å². The van der Waals surface area contributed by atoms with Gasteiger partial charge in [-0.05, 0) is 26.2 Å². The van der Waals surface area contributed by atoms with Crippen LogP contribution in [0.3, 0.4) is 0 Å². The summed E-state index contributed by atoms with van der Waals surface area (Å²) in [6, 6.07) is 1.47. The van der Waals surface area contributed by atoms with Crippen LogP contribution >= 0.6 is 0 Å². The molecule has 1 fully saturated rings. The van der Waals surface area contributed by atoms with E-state index in [1.165, 1.54) is 6.20 Å². The van der Waals surface area contributed by atoms with Crippen LogP contribution in [0.2, 0.25) is 0 Å². The average molecular weight is 279 g/mol. The van der Waals surface area contributed by atoms with Crippen LogP contribution < -0.4 is 4.90 Å². The largest absolute Gasteiger partial charge is 0.478 e. The van der Waals surface area contributed by atoms with E-state index in [-0.39, 0.29) is 29.2 Å². The maximum Gasteiger partial charge on any atom is 0.337 e. The van der Waals surface area contributed by atoms with Gasteiger partial charge in [0.15, 0.2) is 0 Å². The predicted octanol–water partition coefficient (Wildman–Crippen LogP) is 2.46. The van der Waals surface area contributed by atoms with Crippen LogP contribution in [-0.4, -0.2) is 33.1 Å². The Morgan fingerprint density at radius 3 is 2.85 bits per heavy atom. The number of aromatic nitrogens is 1. The summed E-state index contributed by atoms with van der Waals surface area (Å²) in [5.74, 6) is -0.939. The molecule has 2 rings (SSSR count). The molecular formula is C13H17N3O4. The lowest BCUT2D eigenvalue weighted by Crippen LogP contribution is -2.35. The number of pyridine rings is 1. The van der Waals surface area contributed by atoms with Crippen LogP contribution in [0.5, 0.6) is 0 Å². The maximum atomic E-state index is 11.2. The van der Waals surface area contributed by atoms with Gasteiger partial charge >= 0.3 is 11.7 Å². The number of carboxylic acids is 1. The smallest absolute Gasteiger partial charge is 0.337 e. The van der Waals surface area contributed by atoms with Crippen molar-refractivity contribution < 1.29 is 14.8 Å². The fraction of sp³-hybridized carbons (Fsp3) is 0.538. The molecule has 1 aliphatic heterocycles. The highest BCUT2D eigenvalue weighted by Crippen LogP contribution is 2.36. The van der Waals surface area contributed by atoms with Gasteiger partial charge in [-0.25, -0.2) is 9.78 Å². The number of aromatic carboxylic acids is 1. The fourth-order valence-corrected chi connectivity index (χ4v) is 2.75. The lowest BCUT2D eigenvalue weighted by atomic mass is 10.1. The Labute approximate surface area is 116 Å². The summed E-state index contributed by atoms with van der Waals surface area (Å²) < 4.78 is 0. The molecule has 1 aliphatic rings. The lowest BCUT2D eigenvalue weighted by Gasteiger charge is -2.28. The highest BCUT2D eigenvalue weighted by atomic mass is 16.6. The summed E-state index contributed by atoms with van der Waals surface area (Å²) in [6.45, 7) is 4.04. The van der Waals surface area contributed by atoms with E-state index < -0.39 is 10.9 Å². The van der Waals surface area contributed by atoms with E-state index in [0.717, 1.165) is 25.3 Å². The van der Waals surface area contributed by atoms with E-state index in [9.17, 15) is 14.9 Å². The molecule has 1 N–H and O–H groups in total. The van der Waals surface area contributed by atoms with Crippen LogP contribution in [0.4, 0.5) is 11.5 Å². The first-order chi connectivity index (χ1) is 9.45. The van der Waals surface area contributed by atoms with Crippen LogP contribution in [0.15, 0.2) is 12.3 Å². The number of carboxylic acid groups (broad SMARTS) is 1. The average Bonchev–Trinajstić information content (AvgIpc) is 2.78. The van der Waals surface area contributed by atoms with Crippen molar-refractivity contribution in [1.82, 2.24) is 4.98 Å². The van der Waals surface area contributed by atoms with Gasteiger partial charge in [0.05, 0.1) is 10.5 Å². The molecular weight excluding hydrogens is 262 g/mol. The Balaban J connectivity index is 2.50. The SMILES string of the molecule is CCC1CCC(C)N1c1ncc(C(=O)O)cc1[N+](=O)[O-]. The Morgan fingerprint density at radius 2 is 2.30 bits per heavy atom. The van der Waals surface area contributed by atoms with Crippen LogP contribution in [0, 0.1) is 10.1 Å². The monoisotopic (exact) mass is 279 g/mol. The molecule has 0 aromatic carbocycles. The molecule has 0 bridgehead atoms. The van der Waals surface area contributed by atoms with Crippen LogP contribution in [-0.2, 0) is 0 Å². The van der Waals surface area contributed by atoms with Gasteiger partial charge in [0.2, 0.25) is 5.82 Å². The number of nitro groups is 1. The number of hydrogen-bond acceptors (Lipinski definition) is 5. The first kappa shape index (κ1) is 14.2. The maximum absolute atomic E-state index is 11.2. The molecule has 7 nitrogen and oxygen atoms in total. The van der Waals surface area contributed by atoms with Crippen molar-refractivity contribution in [2.75, 3.05) is 4.90 Å². The normalized spacial score (nSPS) is 22.0. The molecule has 2 atom stereocenters. The minimum Gasteiger partial charge on any atom is -0.478 e. The molecule has 0 radical (unpaired) electrons. The molecule has 20 heavy (non-hydrogen) atoms. The zero-order chi connectivity index (χ0) is 14.9. The van der Waals surface area contributed by atoms with E-state index in [4.69, 9.17) is 5.11 Å². The summed E-state index contributed by atoms with van der Waals surface area (Å²) in [5.41, 5.74) is -0.405. The Morgan fingerprint density at radius 1 is 1.60 bits per heavy atom. The third kappa shape index (κ3) is 2.43. The van der Waals surface area contributed by atoms with Gasteiger partial charge in [-0.2, -0.15) is 0 Å². The third-order valence-corrected chi connectivity index (χ3v) is 3.79. The zero-order valence-electron chi connectivity index (χ0n) is 11.4. The summed E-state index contributed by atoms with van der Waals surface area (Å²) in [4.78, 5) is 27.6. The molecule has 0 saturated carbocycles. The number of anilines is 1. The van der Waals surface area contributed by atoms with Crippen molar-refractivity contribution in [3.05, 3.63) is 27.9 Å². The summed E-state index contributed by atoms with van der Waals surface area (Å²) in [7, 11) is 0. The highest BCUT2D eigenvalue weighted by Gasteiger charge is 2.35. The van der Waals surface area contributed by atoms with Gasteiger partial charge in [-0.3, -0.25) is 10.1 Å². The van der Waals surface area contributed by atoms with E-state index in [2.05, 4.69) is 4.98 Å². The van der Waals surface area contributed by atoms with Gasteiger partial charge in [-0.1, -0.05) is 6.92 Å². The molecule has 1 aromatic heterocycles. The lowest BCUT2D eigenvalue weighted by molar-refractivity contribution is -0.384. The standard InChI is InChI=1S/C13H17N3O4/c1-3-10-5-4-8(2)15(10)12-11(16(19)20)6-9(7-14-12)13(17)18/h6-8,10H,3-5H2,1-2H3,(H,17,18). The van der Waals surface area contributed by atoms with Gasteiger partial charge in [-0.15, -0.1) is 0 Å². The summed E-state index contributed by atoms with van der Waals surface area (Å²) in [6.07, 6.45) is 3.99. The Bertz CT molecular complexity index is 546. The van der Waals surface area contributed by atoms with E-state index in [0.29, 0.717) is 0 Å². The van der Waals surface area contributed by atoms with Crippen molar-refractivity contribution >= 4 is 17.5 Å². The number of hydrogen-bond donors (Lipinski definition) is 1. The highest BCUT2D eigenvalue weighted by molar-refractivity contribution is 5.88. The van der Waals surface area contributed by atoms with Crippen molar-refractivity contribution in [3.8, 4) is 0 Å². The molecule has 1 aromatic rings. The summed E-state index contributed by atoms with van der Waals surface area (Å²) in [5, 5.41) is 20.1. The molecule has 108 valence electrons.